The van der Waals surface area contributed by atoms with Gasteiger partial charge in [-0.25, -0.2) is 0 Å². The first-order valence-electron chi connectivity index (χ1n) is 5.92. The number of hydrogen-bond acceptors (Lipinski definition) is 2. The van der Waals surface area contributed by atoms with Gasteiger partial charge in [-0.2, -0.15) is 0 Å². The van der Waals surface area contributed by atoms with Crippen molar-refractivity contribution in [2.24, 2.45) is 0 Å². The minimum absolute atomic E-state index is 0.519. The van der Waals surface area contributed by atoms with Gasteiger partial charge in [0.25, 0.3) is 0 Å². The Balaban J connectivity index is 1.79. The van der Waals surface area contributed by atoms with E-state index in [1.807, 2.05) is 49.4 Å². The largest absolute Gasteiger partial charge is 0.490 e. The molecule has 100 valence electrons. The first-order chi connectivity index (χ1) is 9.15. The summed E-state index contributed by atoms with van der Waals surface area (Å²) in [6, 6.07) is 13.7. The molecule has 0 bridgehead atoms. The maximum Gasteiger partial charge on any atom is 0.122 e. The molecule has 0 spiro atoms. The van der Waals surface area contributed by atoms with Crippen molar-refractivity contribution in [1.82, 2.24) is 0 Å². The number of hydrogen-bond donors (Lipinski definition) is 0. The molecule has 0 unspecified atom stereocenters. The summed E-state index contributed by atoms with van der Waals surface area (Å²) in [5.41, 5.74) is 1.16. The Morgan fingerprint density at radius 3 is 2.21 bits per heavy atom. The second-order valence-electron chi connectivity index (χ2n) is 4.07. The Labute approximate surface area is 130 Å². The highest BCUT2D eigenvalue weighted by Gasteiger charge is 1.99. The van der Waals surface area contributed by atoms with E-state index in [9.17, 15) is 0 Å². The minimum atomic E-state index is 0.519. The molecule has 2 aromatic carbocycles. The zero-order chi connectivity index (χ0) is 13.7. The van der Waals surface area contributed by atoms with Crippen LogP contribution in [0.25, 0.3) is 0 Å². The molecule has 0 fully saturated rings. The molecule has 2 aromatic rings. The lowest BCUT2D eigenvalue weighted by molar-refractivity contribution is 0.217. The molecule has 0 saturated carbocycles. The van der Waals surface area contributed by atoms with E-state index in [4.69, 9.17) is 9.47 Å². The summed E-state index contributed by atoms with van der Waals surface area (Å²) in [6.07, 6.45) is 0. The lowest BCUT2D eigenvalue weighted by Gasteiger charge is -2.09. The highest BCUT2D eigenvalue weighted by atomic mass is 79.9. The molecule has 0 aliphatic carbocycles. The summed E-state index contributed by atoms with van der Waals surface area (Å²) < 4.78 is 13.3. The molecule has 0 aliphatic heterocycles. The molecular formula is C15H14Br2O2. The van der Waals surface area contributed by atoms with Crippen LogP contribution in [0.4, 0.5) is 0 Å². The third kappa shape index (κ3) is 4.55. The Bertz CT molecular complexity index is 556. The zero-order valence-corrected chi connectivity index (χ0v) is 13.7. The van der Waals surface area contributed by atoms with Gasteiger partial charge in [-0.3, -0.25) is 0 Å². The Morgan fingerprint density at radius 2 is 1.58 bits per heavy atom. The lowest BCUT2D eigenvalue weighted by atomic mass is 10.2. The average Bonchev–Trinajstić information content (AvgIpc) is 2.39. The van der Waals surface area contributed by atoms with Gasteiger partial charge in [0.15, 0.2) is 0 Å². The fourth-order valence-corrected chi connectivity index (χ4v) is 2.21. The summed E-state index contributed by atoms with van der Waals surface area (Å²) in [5, 5.41) is 0. The van der Waals surface area contributed by atoms with Gasteiger partial charge < -0.3 is 9.47 Å². The summed E-state index contributed by atoms with van der Waals surface area (Å²) in [5.74, 6) is 1.70. The van der Waals surface area contributed by atoms with Crippen molar-refractivity contribution in [1.29, 1.82) is 0 Å². The normalized spacial score (nSPS) is 10.3. The van der Waals surface area contributed by atoms with Crippen LogP contribution in [0, 0.1) is 6.92 Å². The molecule has 0 aliphatic rings. The van der Waals surface area contributed by atoms with E-state index in [1.165, 1.54) is 0 Å². The van der Waals surface area contributed by atoms with Crippen LogP contribution in [-0.2, 0) is 0 Å². The van der Waals surface area contributed by atoms with Crippen LogP contribution in [0.1, 0.15) is 5.56 Å². The lowest BCUT2D eigenvalue weighted by Crippen LogP contribution is -2.09. The third-order valence-corrected chi connectivity index (χ3v) is 3.93. The monoisotopic (exact) mass is 384 g/mol. The first-order valence-corrected chi connectivity index (χ1v) is 7.51. The molecule has 0 N–H and O–H groups in total. The molecule has 2 rings (SSSR count). The van der Waals surface area contributed by atoms with Crippen molar-refractivity contribution in [3.8, 4) is 11.5 Å². The summed E-state index contributed by atoms with van der Waals surface area (Å²) in [6.45, 7) is 3.08. The van der Waals surface area contributed by atoms with Crippen molar-refractivity contribution < 1.29 is 9.47 Å². The summed E-state index contributed by atoms with van der Waals surface area (Å²) in [7, 11) is 0. The molecule has 0 aromatic heterocycles. The molecule has 0 amide bonds. The molecule has 0 saturated heterocycles. The van der Waals surface area contributed by atoms with Crippen LogP contribution < -0.4 is 9.47 Å². The standard InChI is InChI=1S/C15H14Br2O2/c1-11-9-14(5-6-15(11)17)19-8-7-18-13-4-2-3-12(16)10-13/h2-6,9-10H,7-8H2,1H3. The van der Waals surface area contributed by atoms with Crippen LogP contribution in [0.15, 0.2) is 51.4 Å². The quantitative estimate of drug-likeness (QED) is 0.676. The van der Waals surface area contributed by atoms with Crippen molar-refractivity contribution in [2.75, 3.05) is 13.2 Å². The van der Waals surface area contributed by atoms with E-state index < -0.39 is 0 Å². The second kappa shape index (κ2) is 6.96. The van der Waals surface area contributed by atoms with E-state index in [2.05, 4.69) is 31.9 Å². The van der Waals surface area contributed by atoms with Gasteiger partial charge in [0.2, 0.25) is 0 Å². The topological polar surface area (TPSA) is 18.5 Å². The van der Waals surface area contributed by atoms with Gasteiger partial charge >= 0.3 is 0 Å². The Morgan fingerprint density at radius 1 is 0.895 bits per heavy atom. The summed E-state index contributed by atoms with van der Waals surface area (Å²) >= 11 is 6.87. The maximum absolute atomic E-state index is 5.64. The fourth-order valence-electron chi connectivity index (χ4n) is 1.58. The second-order valence-corrected chi connectivity index (χ2v) is 5.84. The molecule has 19 heavy (non-hydrogen) atoms. The van der Waals surface area contributed by atoms with Gasteiger partial charge in [0, 0.05) is 8.95 Å². The number of halogens is 2. The van der Waals surface area contributed by atoms with E-state index in [0.717, 1.165) is 26.0 Å². The van der Waals surface area contributed by atoms with Gasteiger partial charge in [-0.05, 0) is 48.9 Å². The molecule has 0 radical (unpaired) electrons. The van der Waals surface area contributed by atoms with E-state index >= 15 is 0 Å². The van der Waals surface area contributed by atoms with Crippen molar-refractivity contribution in [3.63, 3.8) is 0 Å². The molecule has 4 heteroatoms. The number of benzene rings is 2. The van der Waals surface area contributed by atoms with E-state index in [1.54, 1.807) is 0 Å². The predicted octanol–water partition coefficient (Wildman–Crippen LogP) is 4.98. The average molecular weight is 386 g/mol. The van der Waals surface area contributed by atoms with Crippen LogP contribution in [0.3, 0.4) is 0 Å². The Kier molecular flexibility index (Phi) is 5.28. The molecule has 0 heterocycles. The first kappa shape index (κ1) is 14.4. The third-order valence-electron chi connectivity index (χ3n) is 2.55. The maximum atomic E-state index is 5.64. The van der Waals surface area contributed by atoms with Gasteiger partial charge in [0.05, 0.1) is 0 Å². The van der Waals surface area contributed by atoms with Crippen molar-refractivity contribution >= 4 is 31.9 Å². The van der Waals surface area contributed by atoms with Crippen LogP contribution in [-0.4, -0.2) is 13.2 Å². The van der Waals surface area contributed by atoms with Crippen LogP contribution in [0.5, 0.6) is 11.5 Å². The van der Waals surface area contributed by atoms with Crippen molar-refractivity contribution in [3.05, 3.63) is 57.0 Å². The minimum Gasteiger partial charge on any atom is -0.490 e. The van der Waals surface area contributed by atoms with Gasteiger partial charge in [-0.1, -0.05) is 37.9 Å². The number of ether oxygens (including phenoxy) is 2. The SMILES string of the molecule is Cc1cc(OCCOc2cccc(Br)c2)ccc1Br. The fraction of sp³-hybridized carbons (Fsp3) is 0.200. The van der Waals surface area contributed by atoms with Crippen molar-refractivity contribution in [2.45, 2.75) is 6.92 Å². The number of aryl methyl sites for hydroxylation is 1. The number of rotatable bonds is 5. The smallest absolute Gasteiger partial charge is 0.122 e. The van der Waals surface area contributed by atoms with E-state index in [-0.39, 0.29) is 0 Å². The van der Waals surface area contributed by atoms with Gasteiger partial charge in [0.1, 0.15) is 24.7 Å². The molecular weight excluding hydrogens is 372 g/mol. The highest BCUT2D eigenvalue weighted by Crippen LogP contribution is 2.21. The van der Waals surface area contributed by atoms with Gasteiger partial charge in [-0.15, -0.1) is 0 Å². The molecule has 2 nitrogen and oxygen atoms in total. The molecule has 0 atom stereocenters. The Hall–Kier alpha value is -1.000. The zero-order valence-electron chi connectivity index (χ0n) is 10.5. The predicted molar refractivity (Wildman–Crippen MR) is 84.0 cm³/mol. The summed E-state index contributed by atoms with van der Waals surface area (Å²) in [4.78, 5) is 0. The van der Waals surface area contributed by atoms with Crippen LogP contribution in [0.2, 0.25) is 0 Å². The van der Waals surface area contributed by atoms with E-state index in [0.29, 0.717) is 13.2 Å². The highest BCUT2D eigenvalue weighted by molar-refractivity contribution is 9.10. The van der Waals surface area contributed by atoms with Crippen LogP contribution >= 0.6 is 31.9 Å².